The maximum absolute atomic E-state index is 11.7. The van der Waals surface area contributed by atoms with Crippen molar-refractivity contribution in [1.29, 1.82) is 0 Å². The second-order valence-electron chi connectivity index (χ2n) is 6.51. The van der Waals surface area contributed by atoms with E-state index in [-0.39, 0.29) is 11.3 Å². The van der Waals surface area contributed by atoms with Crippen molar-refractivity contribution in [2.45, 2.75) is 13.8 Å². The Morgan fingerprint density at radius 2 is 0.917 bits per heavy atom. The molecule has 0 N–H and O–H groups in total. The van der Waals surface area contributed by atoms with Crippen molar-refractivity contribution in [3.8, 4) is 0 Å². The molecule has 0 spiro atoms. The Kier molecular flexibility index (Phi) is 8.96. The summed E-state index contributed by atoms with van der Waals surface area (Å²) in [4.78, 5) is 68.4. The van der Waals surface area contributed by atoms with E-state index in [1.54, 1.807) is 0 Å². The molecule has 0 aromatic heterocycles. The Morgan fingerprint density at radius 3 is 1.19 bits per heavy atom. The summed E-state index contributed by atoms with van der Waals surface area (Å²) in [6.07, 6.45) is 0.536. The zero-order valence-corrected chi connectivity index (χ0v) is 18.0. The number of nitro benzene ring substituents is 5. The molecule has 0 aliphatic heterocycles. The van der Waals surface area contributed by atoms with E-state index in [0.29, 0.717) is 6.08 Å². The zero-order valence-electron chi connectivity index (χ0n) is 18.0. The number of carbonyl (C=O) groups is 1. The normalized spacial score (nSPS) is 10.4. The van der Waals surface area contributed by atoms with Crippen LogP contribution in [0.25, 0.3) is 11.8 Å². The number of benzene rings is 2. The minimum absolute atomic E-state index is 0.0635. The first-order valence-corrected chi connectivity index (χ1v) is 8.97. The van der Waals surface area contributed by atoms with Crippen molar-refractivity contribution in [1.82, 2.24) is 0 Å². The van der Waals surface area contributed by atoms with Crippen molar-refractivity contribution in [2.24, 2.45) is 0 Å². The lowest BCUT2D eigenvalue weighted by atomic mass is 10.00. The average Bonchev–Trinajstić information content (AvgIpc) is 2.75. The van der Waals surface area contributed by atoms with Gasteiger partial charge >= 0.3 is 28.4 Å². The smallest absolute Gasteiger partial charge is 0.300 e. The number of rotatable bonds is 8. The van der Waals surface area contributed by atoms with Gasteiger partial charge in [-0.05, 0) is 19.4 Å². The van der Waals surface area contributed by atoms with Crippen LogP contribution in [0.1, 0.15) is 25.0 Å². The first kappa shape index (κ1) is 28.3. The maximum Gasteiger partial charge on any atom is 0.437 e. The predicted molar refractivity (Wildman–Crippen MR) is 117 cm³/mol. The fourth-order valence-corrected chi connectivity index (χ4v) is 2.73. The highest BCUT2D eigenvalue weighted by Gasteiger charge is 2.57. The molecule has 188 valence electrons. The molecule has 36 heavy (non-hydrogen) atoms. The van der Waals surface area contributed by atoms with E-state index in [1.165, 1.54) is 44.2 Å². The number of nitro groups is 6. The quantitative estimate of drug-likeness (QED) is 0.280. The van der Waals surface area contributed by atoms with E-state index in [9.17, 15) is 65.5 Å². The van der Waals surface area contributed by atoms with Crippen LogP contribution in [0.4, 0.5) is 28.4 Å². The third-order valence-corrected chi connectivity index (χ3v) is 3.84. The highest BCUT2D eigenvalue weighted by atomic mass is 16.7. The molecule has 2 rings (SSSR count). The Hall–Kier alpha value is -5.75. The molecule has 19 nitrogen and oxygen atoms in total. The van der Waals surface area contributed by atoms with Gasteiger partial charge in [0.15, 0.2) is 0 Å². The van der Waals surface area contributed by atoms with E-state index < -0.39 is 69.2 Å². The maximum atomic E-state index is 11.7. The summed E-state index contributed by atoms with van der Waals surface area (Å²) < 4.78 is 0. The van der Waals surface area contributed by atoms with Crippen molar-refractivity contribution >= 4 is 46.0 Å². The van der Waals surface area contributed by atoms with Gasteiger partial charge in [-0.2, -0.15) is 0 Å². The molecule has 2 aromatic rings. The molecule has 0 saturated carbocycles. The molecule has 0 aliphatic carbocycles. The van der Waals surface area contributed by atoms with Gasteiger partial charge in [-0.25, -0.2) is 0 Å². The summed E-state index contributed by atoms with van der Waals surface area (Å²) in [7, 11) is 0. The van der Waals surface area contributed by atoms with E-state index in [2.05, 4.69) is 0 Å². The zero-order chi connectivity index (χ0) is 27.9. The van der Waals surface area contributed by atoms with E-state index in [4.69, 9.17) is 0 Å². The SMILES string of the molecule is CC(C)=O.O=[N+]([O-])C(=Cc1ccccc1)c1c([N+](=O)[O-])c([N+](=O)[O-])c([N+](=O)[O-])c([N+](=O)[O-])c1[N+](=O)[O-]. The second kappa shape index (κ2) is 11.4. The fraction of sp³-hybridized carbons (Fsp3) is 0.118. The number of hydrogen-bond acceptors (Lipinski definition) is 13. The second-order valence-corrected chi connectivity index (χ2v) is 6.51. The summed E-state index contributed by atoms with van der Waals surface area (Å²) in [5.74, 6) is 0.167. The molecule has 0 bridgehead atoms. The van der Waals surface area contributed by atoms with Crippen LogP contribution in [0.5, 0.6) is 0 Å². The molecule has 0 unspecified atom stereocenters. The fourth-order valence-electron chi connectivity index (χ4n) is 2.73. The standard InChI is InChI=1S/C14H6N6O12.C3H6O/c21-15(22)8(6-7-4-2-1-3-5-7)9-10(16(23)24)12(18(27)28)14(20(31)32)13(19(29)30)11(9)17(25)26;1-3(2)4/h1-6H;1-2H3. The molecular formula is C17H12N6O13. The van der Waals surface area contributed by atoms with Gasteiger partial charge in [-0.1, -0.05) is 30.3 Å². The van der Waals surface area contributed by atoms with E-state index in [0.717, 1.165) is 0 Å². The number of ketones is 1. The summed E-state index contributed by atoms with van der Waals surface area (Å²) in [5.41, 5.74) is -13.7. The van der Waals surface area contributed by atoms with Crippen LogP contribution >= 0.6 is 0 Å². The van der Waals surface area contributed by atoms with Gasteiger partial charge in [0.05, 0.1) is 29.5 Å². The van der Waals surface area contributed by atoms with Crippen molar-refractivity contribution in [2.75, 3.05) is 0 Å². The molecule has 19 heteroatoms. The molecular weight excluding hydrogens is 496 g/mol. The van der Waals surface area contributed by atoms with Crippen LogP contribution in [0, 0.1) is 60.7 Å². The molecule has 0 atom stereocenters. The van der Waals surface area contributed by atoms with Crippen LogP contribution in [-0.2, 0) is 4.79 Å². The van der Waals surface area contributed by atoms with Gasteiger partial charge in [-0.3, -0.25) is 60.7 Å². The lowest BCUT2D eigenvalue weighted by molar-refractivity contribution is -0.461. The molecule has 0 fully saturated rings. The molecule has 0 heterocycles. The Labute approximate surface area is 197 Å². The topological polar surface area (TPSA) is 276 Å². The highest BCUT2D eigenvalue weighted by Crippen LogP contribution is 2.53. The third-order valence-electron chi connectivity index (χ3n) is 3.84. The van der Waals surface area contributed by atoms with E-state index >= 15 is 0 Å². The molecule has 0 saturated heterocycles. The van der Waals surface area contributed by atoms with Gasteiger partial charge in [0, 0.05) is 6.08 Å². The monoisotopic (exact) mass is 508 g/mol. The van der Waals surface area contributed by atoms with Gasteiger partial charge in [0.25, 0.3) is 5.70 Å². The summed E-state index contributed by atoms with van der Waals surface area (Å²) in [6, 6.07) is 6.61. The lowest BCUT2D eigenvalue weighted by Crippen LogP contribution is -2.13. The van der Waals surface area contributed by atoms with Crippen LogP contribution < -0.4 is 0 Å². The Morgan fingerprint density at radius 1 is 0.611 bits per heavy atom. The highest BCUT2D eigenvalue weighted by molar-refractivity contribution is 5.96. The number of nitrogens with zero attached hydrogens (tertiary/aromatic N) is 6. The minimum Gasteiger partial charge on any atom is -0.300 e. The summed E-state index contributed by atoms with van der Waals surface area (Å²) >= 11 is 0. The molecule has 0 radical (unpaired) electrons. The first-order chi connectivity index (χ1) is 16.6. The van der Waals surface area contributed by atoms with Crippen LogP contribution in [-0.4, -0.2) is 35.3 Å². The lowest BCUT2D eigenvalue weighted by Gasteiger charge is -2.05. The van der Waals surface area contributed by atoms with E-state index in [1.807, 2.05) is 0 Å². The number of carbonyl (C=O) groups excluding carboxylic acids is 1. The van der Waals surface area contributed by atoms with Gasteiger partial charge in [-0.15, -0.1) is 0 Å². The van der Waals surface area contributed by atoms with Crippen LogP contribution in [0.3, 0.4) is 0 Å². The third kappa shape index (κ3) is 6.18. The predicted octanol–water partition coefficient (Wildman–Crippen LogP) is 3.60. The average molecular weight is 508 g/mol. The molecule has 0 amide bonds. The van der Waals surface area contributed by atoms with Gasteiger partial charge in [0.2, 0.25) is 5.56 Å². The molecule has 0 aliphatic rings. The first-order valence-electron chi connectivity index (χ1n) is 8.97. The minimum atomic E-state index is -2.16. The summed E-state index contributed by atoms with van der Waals surface area (Å²) in [5, 5.41) is 69.0. The van der Waals surface area contributed by atoms with Crippen molar-refractivity contribution in [3.05, 3.63) is 102 Å². The molecule has 2 aromatic carbocycles. The number of hydrogen-bond donors (Lipinski definition) is 0. The van der Waals surface area contributed by atoms with Crippen LogP contribution in [0.2, 0.25) is 0 Å². The van der Waals surface area contributed by atoms with Gasteiger partial charge in [0.1, 0.15) is 5.78 Å². The van der Waals surface area contributed by atoms with Gasteiger partial charge < -0.3 is 4.79 Å². The number of Topliss-reactive ketones (excluding diaryl/α,β-unsaturated/α-hetero) is 1. The van der Waals surface area contributed by atoms with Crippen molar-refractivity contribution in [3.63, 3.8) is 0 Å². The van der Waals surface area contributed by atoms with Crippen LogP contribution in [0.15, 0.2) is 30.3 Å². The largest absolute Gasteiger partial charge is 0.437 e. The Balaban J connectivity index is 0.00000150. The Bertz CT molecular complexity index is 1280. The summed E-state index contributed by atoms with van der Waals surface area (Å²) in [6.45, 7) is 3.06. The van der Waals surface area contributed by atoms with Crippen molar-refractivity contribution < 1.29 is 34.3 Å².